The normalized spacial score (nSPS) is 18.4. The average Bonchev–Trinajstić information content (AvgIpc) is 2.33. The van der Waals surface area contributed by atoms with Crippen LogP contribution in [0.5, 0.6) is 0 Å². The van der Waals surface area contributed by atoms with Gasteiger partial charge in [0, 0.05) is 22.7 Å². The van der Waals surface area contributed by atoms with Gasteiger partial charge in [0.2, 0.25) is 0 Å². The van der Waals surface area contributed by atoms with Crippen molar-refractivity contribution in [1.82, 2.24) is 9.80 Å². The van der Waals surface area contributed by atoms with Crippen molar-refractivity contribution < 1.29 is 0 Å². The van der Waals surface area contributed by atoms with Crippen molar-refractivity contribution in [3.8, 4) is 0 Å². The van der Waals surface area contributed by atoms with E-state index in [2.05, 4.69) is 52.0 Å². The number of nitrogen functional groups attached to an aromatic ring is 1. The Bertz CT molecular complexity index is 400. The standard InChI is InChI=1S/C14H22BrN3/c1-17-7-5-13(6-8-17)18(2)10-11-3-4-12(15)9-14(11)16/h3-4,9,13H,5-8,10,16H2,1-2H3. The van der Waals surface area contributed by atoms with Gasteiger partial charge in [0.1, 0.15) is 0 Å². The van der Waals surface area contributed by atoms with Gasteiger partial charge in [-0.15, -0.1) is 0 Å². The molecule has 0 aromatic heterocycles. The smallest absolute Gasteiger partial charge is 0.0371 e. The quantitative estimate of drug-likeness (QED) is 0.871. The summed E-state index contributed by atoms with van der Waals surface area (Å²) in [5.74, 6) is 0. The van der Waals surface area contributed by atoms with Crippen LogP contribution in [0, 0.1) is 0 Å². The predicted molar refractivity (Wildman–Crippen MR) is 80.5 cm³/mol. The van der Waals surface area contributed by atoms with E-state index in [0.29, 0.717) is 6.04 Å². The molecule has 0 saturated carbocycles. The van der Waals surface area contributed by atoms with E-state index in [1.54, 1.807) is 0 Å². The lowest BCUT2D eigenvalue weighted by atomic mass is 10.0. The highest BCUT2D eigenvalue weighted by Gasteiger charge is 2.20. The number of halogens is 1. The number of hydrogen-bond acceptors (Lipinski definition) is 3. The largest absolute Gasteiger partial charge is 0.398 e. The zero-order chi connectivity index (χ0) is 13.1. The number of benzene rings is 1. The molecule has 18 heavy (non-hydrogen) atoms. The van der Waals surface area contributed by atoms with E-state index in [1.807, 2.05) is 6.07 Å². The van der Waals surface area contributed by atoms with Crippen LogP contribution in [0.1, 0.15) is 18.4 Å². The molecule has 2 N–H and O–H groups in total. The number of piperidine rings is 1. The van der Waals surface area contributed by atoms with Crippen LogP contribution < -0.4 is 5.73 Å². The van der Waals surface area contributed by atoms with E-state index in [4.69, 9.17) is 5.73 Å². The van der Waals surface area contributed by atoms with Gasteiger partial charge in [0.15, 0.2) is 0 Å². The van der Waals surface area contributed by atoms with Crippen LogP contribution in [0.3, 0.4) is 0 Å². The number of hydrogen-bond donors (Lipinski definition) is 1. The second-order valence-electron chi connectivity index (χ2n) is 5.29. The van der Waals surface area contributed by atoms with Crippen molar-refractivity contribution in [3.63, 3.8) is 0 Å². The highest BCUT2D eigenvalue weighted by atomic mass is 79.9. The Labute approximate surface area is 118 Å². The molecule has 1 saturated heterocycles. The third-order valence-corrected chi connectivity index (χ3v) is 4.33. The molecule has 0 spiro atoms. The SMILES string of the molecule is CN1CCC(N(C)Cc2ccc(Br)cc2N)CC1. The summed E-state index contributed by atoms with van der Waals surface area (Å²) in [6.07, 6.45) is 2.51. The van der Waals surface area contributed by atoms with Gasteiger partial charge in [-0.25, -0.2) is 0 Å². The van der Waals surface area contributed by atoms with Crippen LogP contribution in [-0.4, -0.2) is 43.0 Å². The lowest BCUT2D eigenvalue weighted by Gasteiger charge is -2.35. The van der Waals surface area contributed by atoms with Gasteiger partial charge in [-0.05, 0) is 57.7 Å². The first-order valence-corrected chi connectivity index (χ1v) is 7.28. The fourth-order valence-corrected chi connectivity index (χ4v) is 2.92. The minimum atomic E-state index is 0.684. The van der Waals surface area contributed by atoms with E-state index < -0.39 is 0 Å². The molecule has 3 nitrogen and oxygen atoms in total. The Morgan fingerprint density at radius 3 is 2.67 bits per heavy atom. The predicted octanol–water partition coefficient (Wildman–Crippen LogP) is 2.56. The van der Waals surface area contributed by atoms with E-state index in [1.165, 1.54) is 31.5 Å². The monoisotopic (exact) mass is 311 g/mol. The third-order valence-electron chi connectivity index (χ3n) is 3.84. The second-order valence-corrected chi connectivity index (χ2v) is 6.21. The summed E-state index contributed by atoms with van der Waals surface area (Å²) in [4.78, 5) is 4.84. The number of rotatable bonds is 3. The molecule has 0 bridgehead atoms. The molecule has 1 heterocycles. The Morgan fingerprint density at radius 2 is 2.06 bits per heavy atom. The number of likely N-dealkylation sites (tertiary alicyclic amines) is 1. The van der Waals surface area contributed by atoms with Crippen LogP contribution in [0.15, 0.2) is 22.7 Å². The van der Waals surface area contributed by atoms with E-state index in [0.717, 1.165) is 16.7 Å². The van der Waals surface area contributed by atoms with Gasteiger partial charge in [-0.2, -0.15) is 0 Å². The van der Waals surface area contributed by atoms with Gasteiger partial charge in [0.05, 0.1) is 0 Å². The molecule has 2 rings (SSSR count). The molecule has 100 valence electrons. The van der Waals surface area contributed by atoms with Gasteiger partial charge in [-0.1, -0.05) is 22.0 Å². The molecule has 1 aromatic carbocycles. The molecule has 1 fully saturated rings. The van der Waals surface area contributed by atoms with Crippen molar-refractivity contribution in [1.29, 1.82) is 0 Å². The van der Waals surface area contributed by atoms with E-state index in [-0.39, 0.29) is 0 Å². The first-order chi connectivity index (χ1) is 8.56. The maximum absolute atomic E-state index is 6.06. The van der Waals surface area contributed by atoms with E-state index in [9.17, 15) is 0 Å². The van der Waals surface area contributed by atoms with Crippen LogP contribution >= 0.6 is 15.9 Å². The summed E-state index contributed by atoms with van der Waals surface area (Å²) < 4.78 is 1.05. The summed E-state index contributed by atoms with van der Waals surface area (Å²) >= 11 is 3.45. The molecular formula is C14H22BrN3. The van der Waals surface area contributed by atoms with Crippen LogP contribution in [-0.2, 0) is 6.54 Å². The molecule has 0 aliphatic carbocycles. The lowest BCUT2D eigenvalue weighted by Crippen LogP contribution is -2.41. The fraction of sp³-hybridized carbons (Fsp3) is 0.571. The van der Waals surface area contributed by atoms with Crippen molar-refractivity contribution in [2.24, 2.45) is 0 Å². The summed E-state index contributed by atoms with van der Waals surface area (Å²) in [7, 11) is 4.40. The summed E-state index contributed by atoms with van der Waals surface area (Å²) in [5.41, 5.74) is 8.16. The van der Waals surface area contributed by atoms with Crippen LogP contribution in [0.25, 0.3) is 0 Å². The maximum Gasteiger partial charge on any atom is 0.0371 e. The summed E-state index contributed by atoms with van der Waals surface area (Å²) in [6, 6.07) is 6.85. The summed E-state index contributed by atoms with van der Waals surface area (Å²) in [6.45, 7) is 3.34. The van der Waals surface area contributed by atoms with Crippen LogP contribution in [0.2, 0.25) is 0 Å². The molecular weight excluding hydrogens is 290 g/mol. The zero-order valence-electron chi connectivity index (χ0n) is 11.2. The topological polar surface area (TPSA) is 32.5 Å². The van der Waals surface area contributed by atoms with Gasteiger partial charge in [-0.3, -0.25) is 4.90 Å². The highest BCUT2D eigenvalue weighted by Crippen LogP contribution is 2.22. The molecule has 0 radical (unpaired) electrons. The molecule has 1 aliphatic heterocycles. The Kier molecular flexibility index (Phi) is 4.65. The molecule has 0 unspecified atom stereocenters. The Hall–Kier alpha value is -0.580. The van der Waals surface area contributed by atoms with Crippen LogP contribution in [0.4, 0.5) is 5.69 Å². The molecule has 1 aromatic rings. The number of anilines is 1. The van der Waals surface area contributed by atoms with Crippen molar-refractivity contribution in [2.45, 2.75) is 25.4 Å². The number of nitrogens with zero attached hydrogens (tertiary/aromatic N) is 2. The van der Waals surface area contributed by atoms with Crippen molar-refractivity contribution >= 4 is 21.6 Å². The number of nitrogens with two attached hydrogens (primary N) is 1. The van der Waals surface area contributed by atoms with Gasteiger partial charge >= 0.3 is 0 Å². The van der Waals surface area contributed by atoms with Crippen molar-refractivity contribution in [2.75, 3.05) is 32.9 Å². The highest BCUT2D eigenvalue weighted by molar-refractivity contribution is 9.10. The first kappa shape index (κ1) is 13.8. The average molecular weight is 312 g/mol. The van der Waals surface area contributed by atoms with Gasteiger partial charge in [0.25, 0.3) is 0 Å². The lowest BCUT2D eigenvalue weighted by molar-refractivity contribution is 0.139. The molecule has 0 amide bonds. The first-order valence-electron chi connectivity index (χ1n) is 6.49. The minimum absolute atomic E-state index is 0.684. The minimum Gasteiger partial charge on any atom is -0.398 e. The molecule has 1 aliphatic rings. The third kappa shape index (κ3) is 3.46. The Morgan fingerprint density at radius 1 is 1.39 bits per heavy atom. The van der Waals surface area contributed by atoms with Gasteiger partial charge < -0.3 is 10.6 Å². The zero-order valence-corrected chi connectivity index (χ0v) is 12.8. The second kappa shape index (κ2) is 6.04. The van der Waals surface area contributed by atoms with Crippen molar-refractivity contribution in [3.05, 3.63) is 28.2 Å². The Balaban J connectivity index is 1.96. The molecule has 4 heteroatoms. The summed E-state index contributed by atoms with van der Waals surface area (Å²) in [5, 5.41) is 0. The maximum atomic E-state index is 6.06. The fourth-order valence-electron chi connectivity index (χ4n) is 2.54. The van der Waals surface area contributed by atoms with E-state index >= 15 is 0 Å². The molecule has 0 atom stereocenters.